The topological polar surface area (TPSA) is 29.1 Å². The molecule has 17 heavy (non-hydrogen) atoms. The standard InChI is InChI=1S/C12H9Br2NOS/c1-7-6-8(13)2-3-10(7)15-12(16)11-9(14)4-5-17-11/h2-6H,1H3,(H,15,16). The van der Waals surface area contributed by atoms with E-state index in [1.165, 1.54) is 11.3 Å². The Morgan fingerprint density at radius 1 is 1.29 bits per heavy atom. The van der Waals surface area contributed by atoms with Gasteiger partial charge in [0.2, 0.25) is 0 Å². The molecule has 2 aromatic rings. The van der Waals surface area contributed by atoms with Gasteiger partial charge in [-0.05, 0) is 58.1 Å². The first-order chi connectivity index (χ1) is 8.08. The number of benzene rings is 1. The Hall–Kier alpha value is -0.650. The molecule has 0 spiro atoms. The van der Waals surface area contributed by atoms with Crippen molar-refractivity contribution in [2.45, 2.75) is 6.92 Å². The van der Waals surface area contributed by atoms with Crippen molar-refractivity contribution in [2.24, 2.45) is 0 Å². The van der Waals surface area contributed by atoms with Crippen molar-refractivity contribution in [1.82, 2.24) is 0 Å². The summed E-state index contributed by atoms with van der Waals surface area (Å²) in [4.78, 5) is 12.7. The molecule has 0 bridgehead atoms. The predicted octanol–water partition coefficient (Wildman–Crippen LogP) is 4.83. The summed E-state index contributed by atoms with van der Waals surface area (Å²) in [5.74, 6) is -0.0858. The van der Waals surface area contributed by atoms with E-state index in [1.54, 1.807) is 0 Å². The fraction of sp³-hybridized carbons (Fsp3) is 0.0833. The van der Waals surface area contributed by atoms with Crippen molar-refractivity contribution in [1.29, 1.82) is 0 Å². The van der Waals surface area contributed by atoms with Gasteiger partial charge in [-0.2, -0.15) is 0 Å². The van der Waals surface area contributed by atoms with E-state index in [1.807, 2.05) is 36.6 Å². The monoisotopic (exact) mass is 373 g/mol. The molecule has 88 valence electrons. The molecule has 5 heteroatoms. The molecule has 0 saturated heterocycles. The van der Waals surface area contributed by atoms with Crippen LogP contribution in [0.5, 0.6) is 0 Å². The lowest BCUT2D eigenvalue weighted by Gasteiger charge is -2.07. The van der Waals surface area contributed by atoms with E-state index in [4.69, 9.17) is 0 Å². The van der Waals surface area contributed by atoms with Crippen LogP contribution >= 0.6 is 43.2 Å². The minimum atomic E-state index is -0.0858. The van der Waals surface area contributed by atoms with Gasteiger partial charge in [-0.1, -0.05) is 15.9 Å². The SMILES string of the molecule is Cc1cc(Br)ccc1NC(=O)c1sccc1Br. The number of nitrogens with one attached hydrogen (secondary N) is 1. The molecule has 2 rings (SSSR count). The number of halogens is 2. The third-order valence-electron chi connectivity index (χ3n) is 2.26. The van der Waals surface area contributed by atoms with Crippen LogP contribution in [0.2, 0.25) is 0 Å². The van der Waals surface area contributed by atoms with E-state index in [0.717, 1.165) is 20.2 Å². The van der Waals surface area contributed by atoms with Crippen molar-refractivity contribution in [3.05, 3.63) is 49.0 Å². The van der Waals surface area contributed by atoms with E-state index in [2.05, 4.69) is 37.2 Å². The number of hydrogen-bond donors (Lipinski definition) is 1. The Labute approximate surface area is 120 Å². The Balaban J connectivity index is 2.22. The second-order valence-corrected chi connectivity index (χ2v) is 6.20. The van der Waals surface area contributed by atoms with Gasteiger partial charge in [0.05, 0.1) is 0 Å². The van der Waals surface area contributed by atoms with E-state index in [-0.39, 0.29) is 5.91 Å². The maximum Gasteiger partial charge on any atom is 0.266 e. The molecule has 0 saturated carbocycles. The molecular weight excluding hydrogens is 366 g/mol. The predicted molar refractivity (Wildman–Crippen MR) is 78.9 cm³/mol. The highest BCUT2D eigenvalue weighted by Crippen LogP contribution is 2.25. The van der Waals surface area contributed by atoms with Gasteiger partial charge >= 0.3 is 0 Å². The van der Waals surface area contributed by atoms with Crippen molar-refractivity contribution >= 4 is 54.8 Å². The number of thiophene rings is 1. The fourth-order valence-corrected chi connectivity index (χ4v) is 3.32. The van der Waals surface area contributed by atoms with E-state index in [0.29, 0.717) is 4.88 Å². The van der Waals surface area contributed by atoms with Gasteiger partial charge in [0.15, 0.2) is 0 Å². The zero-order chi connectivity index (χ0) is 12.4. The first-order valence-corrected chi connectivity index (χ1v) is 7.35. The zero-order valence-corrected chi connectivity index (χ0v) is 12.9. The van der Waals surface area contributed by atoms with E-state index < -0.39 is 0 Å². The van der Waals surface area contributed by atoms with Crippen molar-refractivity contribution < 1.29 is 4.79 Å². The van der Waals surface area contributed by atoms with Crippen LogP contribution in [-0.4, -0.2) is 5.91 Å². The van der Waals surface area contributed by atoms with Gasteiger partial charge in [0.1, 0.15) is 4.88 Å². The summed E-state index contributed by atoms with van der Waals surface area (Å²) in [6, 6.07) is 7.64. The zero-order valence-electron chi connectivity index (χ0n) is 8.96. The lowest BCUT2D eigenvalue weighted by atomic mass is 10.2. The lowest BCUT2D eigenvalue weighted by molar-refractivity contribution is 0.103. The second-order valence-electron chi connectivity index (χ2n) is 3.51. The smallest absolute Gasteiger partial charge is 0.266 e. The summed E-state index contributed by atoms with van der Waals surface area (Å²) in [7, 11) is 0. The molecule has 1 N–H and O–H groups in total. The molecule has 0 aliphatic rings. The summed E-state index contributed by atoms with van der Waals surface area (Å²) in [6.45, 7) is 1.96. The quantitative estimate of drug-likeness (QED) is 0.800. The molecule has 0 unspecified atom stereocenters. The van der Waals surface area contributed by atoms with Crippen LogP contribution in [0.4, 0.5) is 5.69 Å². The van der Waals surface area contributed by atoms with Gasteiger partial charge in [-0.15, -0.1) is 11.3 Å². The van der Waals surface area contributed by atoms with Crippen LogP contribution in [0.15, 0.2) is 38.6 Å². The molecule has 0 radical (unpaired) electrons. The van der Waals surface area contributed by atoms with Crippen LogP contribution in [0, 0.1) is 6.92 Å². The van der Waals surface area contributed by atoms with Crippen LogP contribution in [0.1, 0.15) is 15.2 Å². The van der Waals surface area contributed by atoms with Crippen molar-refractivity contribution in [3.8, 4) is 0 Å². The van der Waals surface area contributed by atoms with Crippen LogP contribution in [-0.2, 0) is 0 Å². The maximum atomic E-state index is 12.0. The van der Waals surface area contributed by atoms with Gasteiger partial charge in [-0.25, -0.2) is 0 Å². The number of rotatable bonds is 2. The number of carbonyl (C=O) groups excluding carboxylic acids is 1. The Morgan fingerprint density at radius 3 is 2.65 bits per heavy atom. The van der Waals surface area contributed by atoms with E-state index in [9.17, 15) is 4.79 Å². The number of amides is 1. The molecule has 1 aromatic carbocycles. The molecule has 0 fully saturated rings. The van der Waals surface area contributed by atoms with Crippen LogP contribution in [0.25, 0.3) is 0 Å². The molecule has 0 atom stereocenters. The number of anilines is 1. The van der Waals surface area contributed by atoms with Gasteiger partial charge in [0, 0.05) is 14.6 Å². The number of hydrogen-bond acceptors (Lipinski definition) is 2. The van der Waals surface area contributed by atoms with Gasteiger partial charge < -0.3 is 5.32 Å². The van der Waals surface area contributed by atoms with Gasteiger partial charge in [0.25, 0.3) is 5.91 Å². The molecule has 2 nitrogen and oxygen atoms in total. The normalized spacial score (nSPS) is 10.3. The summed E-state index contributed by atoms with van der Waals surface area (Å²) in [5.41, 5.74) is 1.86. The first-order valence-electron chi connectivity index (χ1n) is 4.88. The third-order valence-corrected chi connectivity index (χ3v) is 4.59. The molecule has 0 aliphatic carbocycles. The summed E-state index contributed by atoms with van der Waals surface area (Å²) in [6.07, 6.45) is 0. The lowest BCUT2D eigenvalue weighted by Crippen LogP contribution is -2.11. The highest BCUT2D eigenvalue weighted by molar-refractivity contribution is 9.10. The largest absolute Gasteiger partial charge is 0.321 e. The molecular formula is C12H9Br2NOS. The Kier molecular flexibility index (Phi) is 4.01. The highest BCUT2D eigenvalue weighted by Gasteiger charge is 2.12. The third kappa shape index (κ3) is 2.97. The summed E-state index contributed by atoms with van der Waals surface area (Å²) in [5, 5.41) is 4.78. The molecule has 1 amide bonds. The maximum absolute atomic E-state index is 12.0. The number of aryl methyl sites for hydroxylation is 1. The van der Waals surface area contributed by atoms with Crippen molar-refractivity contribution in [3.63, 3.8) is 0 Å². The Morgan fingerprint density at radius 2 is 2.06 bits per heavy atom. The summed E-state index contributed by atoms with van der Waals surface area (Å²) < 4.78 is 1.83. The average molecular weight is 375 g/mol. The van der Waals surface area contributed by atoms with Gasteiger partial charge in [-0.3, -0.25) is 4.79 Å². The first kappa shape index (κ1) is 12.8. The highest BCUT2D eigenvalue weighted by atomic mass is 79.9. The van der Waals surface area contributed by atoms with E-state index >= 15 is 0 Å². The molecule has 1 heterocycles. The summed E-state index contributed by atoms with van der Waals surface area (Å²) >= 11 is 8.16. The molecule has 0 aliphatic heterocycles. The Bertz CT molecular complexity index is 565. The van der Waals surface area contributed by atoms with Crippen molar-refractivity contribution in [2.75, 3.05) is 5.32 Å². The van der Waals surface area contributed by atoms with Crippen LogP contribution in [0.3, 0.4) is 0 Å². The fourth-order valence-electron chi connectivity index (χ4n) is 1.40. The minimum absolute atomic E-state index is 0.0858. The average Bonchev–Trinajstić information content (AvgIpc) is 2.68. The number of carbonyl (C=O) groups is 1. The second kappa shape index (κ2) is 5.33. The molecule has 1 aromatic heterocycles. The van der Waals surface area contributed by atoms with Crippen LogP contribution < -0.4 is 5.32 Å². The minimum Gasteiger partial charge on any atom is -0.321 e.